The van der Waals surface area contributed by atoms with Crippen LogP contribution in [0.5, 0.6) is 0 Å². The van der Waals surface area contributed by atoms with E-state index in [9.17, 15) is 0 Å². The fourth-order valence-corrected chi connectivity index (χ4v) is 1.54. The Kier molecular flexibility index (Phi) is 9.46. The van der Waals surface area contributed by atoms with Crippen LogP contribution in [0.3, 0.4) is 0 Å². The predicted molar refractivity (Wildman–Crippen MR) is 45.2 cm³/mol. The Balaban J connectivity index is 2.66. The summed E-state index contributed by atoms with van der Waals surface area (Å²) in [5.41, 5.74) is 0. The van der Waals surface area contributed by atoms with Crippen LogP contribution >= 0.6 is 0 Å². The van der Waals surface area contributed by atoms with Crippen molar-refractivity contribution in [2.75, 3.05) is 0 Å². The second-order valence-electron chi connectivity index (χ2n) is 2.44. The van der Waals surface area contributed by atoms with Crippen molar-refractivity contribution in [3.05, 3.63) is 0 Å². The average molecular weight is 227 g/mol. The van der Waals surface area contributed by atoms with Gasteiger partial charge in [0, 0.05) is 0 Å². The summed E-state index contributed by atoms with van der Waals surface area (Å²) in [7, 11) is 0. The fraction of sp³-hybridized carbons (Fsp3) is 0.875. The van der Waals surface area contributed by atoms with Crippen LogP contribution in [0.25, 0.3) is 0 Å². The van der Waals surface area contributed by atoms with Gasteiger partial charge in [0.1, 0.15) is 0 Å². The second kappa shape index (κ2) is 8.74. The van der Waals surface area contributed by atoms with Crippen molar-refractivity contribution >= 4 is 27.7 Å². The Hall–Kier alpha value is 0.740. The quantitative estimate of drug-likeness (QED) is 0.611. The van der Waals surface area contributed by atoms with Crippen LogP contribution in [0.2, 0.25) is 0 Å². The van der Waals surface area contributed by atoms with E-state index < -0.39 is 0 Å². The molecule has 0 atom stereocenters. The van der Waals surface area contributed by atoms with E-state index in [1.165, 1.54) is 62.4 Å². The van der Waals surface area contributed by atoms with E-state index >= 15 is 0 Å². The maximum absolute atomic E-state index is 2.39. The Morgan fingerprint density at radius 3 is 2.33 bits per heavy atom. The van der Waals surface area contributed by atoms with Gasteiger partial charge in [-0.3, -0.25) is 0 Å². The van der Waals surface area contributed by atoms with Gasteiger partial charge >= 0.3 is 73.1 Å². The zero-order valence-corrected chi connectivity index (χ0v) is 9.69. The minimum absolute atomic E-state index is 1.34. The van der Waals surface area contributed by atoms with Crippen molar-refractivity contribution in [1.82, 2.24) is 0 Å². The van der Waals surface area contributed by atoms with Crippen LogP contribution in [-0.4, -0.2) is 27.7 Å². The molecule has 0 aromatic rings. The third-order valence-electron chi connectivity index (χ3n) is 1.47. The molecule has 0 aromatic heterocycles. The van der Waals surface area contributed by atoms with Gasteiger partial charge in [-0.05, 0) is 0 Å². The molecule has 0 aliphatic heterocycles. The predicted octanol–water partition coefficient (Wildman–Crippen LogP) is 2.32. The van der Waals surface area contributed by atoms with Gasteiger partial charge in [0.05, 0.1) is 0 Å². The van der Waals surface area contributed by atoms with Crippen LogP contribution in [0.4, 0.5) is 0 Å². The van der Waals surface area contributed by atoms with Crippen LogP contribution in [0, 0.1) is 0 Å². The van der Waals surface area contributed by atoms with Crippen LogP contribution in [0.15, 0.2) is 0 Å². The molecule has 0 fully saturated rings. The third-order valence-corrected chi connectivity index (χ3v) is 2.43. The van der Waals surface area contributed by atoms with Gasteiger partial charge in [-0.25, -0.2) is 0 Å². The molecule has 0 spiro atoms. The summed E-state index contributed by atoms with van der Waals surface area (Å²) >= 11 is 1.34. The number of rotatable bonds is 6. The van der Waals surface area contributed by atoms with E-state index in [1.807, 2.05) is 0 Å². The van der Waals surface area contributed by atoms with Crippen molar-refractivity contribution in [3.8, 4) is 0 Å². The average Bonchev–Trinajstić information content (AvgIpc) is 1.89. The van der Waals surface area contributed by atoms with Crippen molar-refractivity contribution in [1.29, 1.82) is 0 Å². The molecule has 0 aliphatic carbocycles. The molecule has 0 rings (SSSR count). The molecule has 0 aliphatic rings. The second-order valence-corrected chi connectivity index (χ2v) is 3.78. The Bertz CT molecular complexity index is 59.6. The first-order chi connectivity index (χ1) is 4.41. The summed E-state index contributed by atoms with van der Waals surface area (Å²) in [6, 6.07) is 0. The molecular weight excluding hydrogens is 211 g/mol. The molecule has 0 unspecified atom stereocenters. The topological polar surface area (TPSA) is 0 Å². The van der Waals surface area contributed by atoms with E-state index in [0.717, 1.165) is 0 Å². The summed E-state index contributed by atoms with van der Waals surface area (Å²) in [5.74, 6) is 0. The van der Waals surface area contributed by atoms with Crippen LogP contribution < -0.4 is 0 Å². The van der Waals surface area contributed by atoms with E-state index in [1.54, 1.807) is 0 Å². The Morgan fingerprint density at radius 1 is 1.11 bits per heavy atom. The van der Waals surface area contributed by atoms with Gasteiger partial charge in [-0.1, -0.05) is 0 Å². The van der Waals surface area contributed by atoms with Crippen molar-refractivity contribution in [3.63, 3.8) is 0 Å². The van der Waals surface area contributed by atoms with E-state index in [0.29, 0.717) is 0 Å². The molecule has 0 amide bonds. The van der Waals surface area contributed by atoms with Gasteiger partial charge in [0.15, 0.2) is 0 Å². The summed E-state index contributed by atoms with van der Waals surface area (Å²) in [4.78, 5) is 0. The summed E-state index contributed by atoms with van der Waals surface area (Å²) in [5, 5.41) is 0. The molecule has 51 valence electrons. The number of hydrogen-bond acceptors (Lipinski definition) is 0. The van der Waals surface area contributed by atoms with Gasteiger partial charge in [-0.2, -0.15) is 0 Å². The molecule has 0 aromatic carbocycles. The molecule has 0 nitrogen and oxygen atoms in total. The van der Waals surface area contributed by atoms with Gasteiger partial charge in [-0.15, -0.1) is 0 Å². The minimum atomic E-state index is 1.34. The first-order valence-corrected chi connectivity index (χ1v) is 5.85. The van der Waals surface area contributed by atoms with Crippen molar-refractivity contribution in [2.45, 2.75) is 45.4 Å². The molecule has 1 heteroatoms. The van der Waals surface area contributed by atoms with Crippen LogP contribution in [-0.2, 0) is 0 Å². The normalized spacial score (nSPS) is 9.33. The molecule has 1 radical (unpaired) electrons. The van der Waals surface area contributed by atoms with E-state index in [2.05, 4.69) is 10.7 Å². The molecule has 9 heavy (non-hydrogen) atoms. The fourth-order valence-electron chi connectivity index (χ4n) is 0.866. The third kappa shape index (κ3) is 8.74. The standard InChI is InChI=1S/C8H16.In/c1-3-5-7-8-6-4-2;/h1H,3-8H2,2H3;. The Labute approximate surface area is 73.1 Å². The van der Waals surface area contributed by atoms with Crippen molar-refractivity contribution < 1.29 is 0 Å². The molecule has 0 saturated carbocycles. The SMILES string of the molecule is CCCCCCC[CH]=[In]. The maximum atomic E-state index is 2.39. The zero-order valence-electron chi connectivity index (χ0n) is 6.40. The number of unbranched alkanes of at least 4 members (excludes halogenated alkanes) is 5. The van der Waals surface area contributed by atoms with Gasteiger partial charge < -0.3 is 0 Å². The number of hydrogen-bond donors (Lipinski definition) is 0. The molecule has 0 bridgehead atoms. The molecule has 0 heterocycles. The summed E-state index contributed by atoms with van der Waals surface area (Å²) in [6.45, 7) is 2.26. The first-order valence-electron chi connectivity index (χ1n) is 3.95. The van der Waals surface area contributed by atoms with Crippen LogP contribution in [0.1, 0.15) is 45.4 Å². The van der Waals surface area contributed by atoms with Crippen molar-refractivity contribution in [2.24, 2.45) is 0 Å². The molecule has 0 saturated heterocycles. The molecule has 0 N–H and O–H groups in total. The summed E-state index contributed by atoms with van der Waals surface area (Å²) in [6.07, 6.45) is 8.49. The van der Waals surface area contributed by atoms with E-state index in [4.69, 9.17) is 0 Å². The molecular formula is C8H16In. The zero-order chi connectivity index (χ0) is 6.95. The van der Waals surface area contributed by atoms with Gasteiger partial charge in [0.25, 0.3) is 0 Å². The van der Waals surface area contributed by atoms with Gasteiger partial charge in [0.2, 0.25) is 0 Å². The van der Waals surface area contributed by atoms with E-state index in [-0.39, 0.29) is 0 Å². The Morgan fingerprint density at radius 2 is 1.78 bits per heavy atom. The first kappa shape index (κ1) is 9.74. The summed E-state index contributed by atoms with van der Waals surface area (Å²) < 4.78 is 2.39. The monoisotopic (exact) mass is 227 g/mol.